The van der Waals surface area contributed by atoms with Crippen molar-refractivity contribution in [3.63, 3.8) is 0 Å². The van der Waals surface area contributed by atoms with Gasteiger partial charge in [-0.3, -0.25) is 14.4 Å². The number of hydrogen-bond donors (Lipinski definition) is 1. The summed E-state index contributed by atoms with van der Waals surface area (Å²) in [5, 5.41) is 0. The number of esters is 3. The van der Waals surface area contributed by atoms with Gasteiger partial charge >= 0.3 is 17.9 Å². The van der Waals surface area contributed by atoms with E-state index in [1.807, 2.05) is 60.7 Å². The van der Waals surface area contributed by atoms with Crippen LogP contribution in [0.1, 0.15) is 37.3 Å². The molecule has 7 nitrogen and oxygen atoms in total. The van der Waals surface area contributed by atoms with Crippen molar-refractivity contribution < 1.29 is 28.6 Å². The zero-order valence-electron chi connectivity index (χ0n) is 17.7. The second kappa shape index (κ2) is 13.2. The molecule has 0 bridgehead atoms. The van der Waals surface area contributed by atoms with E-state index in [0.29, 0.717) is 6.42 Å². The number of ether oxygens (including phenoxy) is 3. The molecule has 2 N–H and O–H groups in total. The van der Waals surface area contributed by atoms with Crippen molar-refractivity contribution in [1.82, 2.24) is 0 Å². The summed E-state index contributed by atoms with van der Waals surface area (Å²) >= 11 is 0. The molecule has 31 heavy (non-hydrogen) atoms. The molecule has 0 spiro atoms. The topological polar surface area (TPSA) is 105 Å². The quantitative estimate of drug-likeness (QED) is 0.315. The van der Waals surface area contributed by atoms with Crippen molar-refractivity contribution in [3.05, 3.63) is 71.8 Å². The lowest BCUT2D eigenvalue weighted by molar-refractivity contribution is -0.151. The predicted octanol–water partition coefficient (Wildman–Crippen LogP) is 3.15. The first-order chi connectivity index (χ1) is 15.0. The highest BCUT2D eigenvalue weighted by Gasteiger charge is 2.25. The average Bonchev–Trinajstić information content (AvgIpc) is 2.79. The van der Waals surface area contributed by atoms with Gasteiger partial charge in [-0.05, 0) is 23.5 Å². The molecule has 2 rings (SSSR count). The van der Waals surface area contributed by atoms with E-state index in [1.54, 1.807) is 6.92 Å². The van der Waals surface area contributed by atoms with Crippen molar-refractivity contribution >= 4 is 17.9 Å². The minimum Gasteiger partial charge on any atom is -0.465 e. The van der Waals surface area contributed by atoms with Gasteiger partial charge in [0.25, 0.3) is 0 Å². The summed E-state index contributed by atoms with van der Waals surface area (Å²) in [6, 6.07) is 17.7. The molecule has 1 unspecified atom stereocenters. The Hall–Kier alpha value is -3.19. The van der Waals surface area contributed by atoms with Crippen LogP contribution < -0.4 is 5.73 Å². The molecule has 0 heterocycles. The van der Waals surface area contributed by atoms with Crippen LogP contribution in [-0.2, 0) is 41.8 Å². The second-order valence-corrected chi connectivity index (χ2v) is 7.27. The highest BCUT2D eigenvalue weighted by Crippen LogP contribution is 2.11. The second-order valence-electron chi connectivity index (χ2n) is 7.27. The molecule has 2 atom stereocenters. The predicted molar refractivity (Wildman–Crippen MR) is 114 cm³/mol. The van der Waals surface area contributed by atoms with E-state index in [2.05, 4.69) is 0 Å². The highest BCUT2D eigenvalue weighted by atomic mass is 16.5. The van der Waals surface area contributed by atoms with Gasteiger partial charge in [0.2, 0.25) is 0 Å². The normalized spacial score (nSPS) is 12.5. The minimum atomic E-state index is -0.950. The van der Waals surface area contributed by atoms with Crippen LogP contribution >= 0.6 is 0 Å². The number of carbonyl (C=O) groups is 3. The van der Waals surface area contributed by atoms with Gasteiger partial charge in [-0.2, -0.15) is 0 Å². The van der Waals surface area contributed by atoms with Crippen LogP contribution in [0.15, 0.2) is 60.7 Å². The molecule has 0 amide bonds. The average molecular weight is 427 g/mol. The Morgan fingerprint density at radius 1 is 0.806 bits per heavy atom. The van der Waals surface area contributed by atoms with E-state index in [4.69, 9.17) is 19.9 Å². The van der Waals surface area contributed by atoms with Gasteiger partial charge in [-0.1, -0.05) is 67.6 Å². The summed E-state index contributed by atoms with van der Waals surface area (Å²) in [5.74, 6) is -1.84. The summed E-state index contributed by atoms with van der Waals surface area (Å²) in [6.07, 6.45) is 0.477. The minimum absolute atomic E-state index is 0.00884. The molecule has 0 aliphatic carbocycles. The van der Waals surface area contributed by atoms with Crippen LogP contribution in [0.2, 0.25) is 0 Å². The summed E-state index contributed by atoms with van der Waals surface area (Å²) in [5.41, 5.74) is 7.69. The lowest BCUT2D eigenvalue weighted by atomic mass is 9.99. The molecule has 2 aromatic rings. The fourth-order valence-electron chi connectivity index (χ4n) is 2.71. The summed E-state index contributed by atoms with van der Waals surface area (Å²) in [4.78, 5) is 35.8. The monoisotopic (exact) mass is 427 g/mol. The zero-order valence-corrected chi connectivity index (χ0v) is 17.7. The number of nitrogens with two attached hydrogens (primary N) is 1. The SMILES string of the molecule is CC(CC(=O)OCc1ccccc1)[C@H](N)C(=O)OCCCC(=O)OCc1ccccc1. The van der Waals surface area contributed by atoms with E-state index in [-0.39, 0.29) is 38.6 Å². The van der Waals surface area contributed by atoms with Gasteiger partial charge in [0.15, 0.2) is 0 Å². The van der Waals surface area contributed by atoms with Crippen LogP contribution in [0.4, 0.5) is 0 Å². The summed E-state index contributed by atoms with van der Waals surface area (Å²) in [6.45, 7) is 2.13. The van der Waals surface area contributed by atoms with E-state index >= 15 is 0 Å². The van der Waals surface area contributed by atoms with Crippen LogP contribution in [0.3, 0.4) is 0 Å². The molecule has 0 radical (unpaired) electrons. The van der Waals surface area contributed by atoms with Crippen molar-refractivity contribution in [1.29, 1.82) is 0 Å². The van der Waals surface area contributed by atoms with Gasteiger partial charge in [0.05, 0.1) is 13.0 Å². The first-order valence-corrected chi connectivity index (χ1v) is 10.3. The Morgan fingerprint density at radius 3 is 1.87 bits per heavy atom. The smallest absolute Gasteiger partial charge is 0.323 e. The number of rotatable bonds is 12. The third-order valence-electron chi connectivity index (χ3n) is 4.63. The van der Waals surface area contributed by atoms with E-state index in [9.17, 15) is 14.4 Å². The number of benzene rings is 2. The van der Waals surface area contributed by atoms with Crippen LogP contribution in [0, 0.1) is 5.92 Å². The van der Waals surface area contributed by atoms with Crippen molar-refractivity contribution in [2.45, 2.75) is 45.4 Å². The molecular formula is C24H29NO6. The zero-order chi connectivity index (χ0) is 22.5. The largest absolute Gasteiger partial charge is 0.465 e. The molecule has 0 fully saturated rings. The molecular weight excluding hydrogens is 398 g/mol. The van der Waals surface area contributed by atoms with Gasteiger partial charge in [0.1, 0.15) is 19.3 Å². The third kappa shape index (κ3) is 9.44. The van der Waals surface area contributed by atoms with Crippen molar-refractivity contribution in [2.24, 2.45) is 11.7 Å². The lowest BCUT2D eigenvalue weighted by Gasteiger charge is -2.18. The van der Waals surface area contributed by atoms with E-state index in [1.165, 1.54) is 0 Å². The number of hydrogen-bond acceptors (Lipinski definition) is 7. The summed E-state index contributed by atoms with van der Waals surface area (Å²) < 4.78 is 15.5. The molecule has 0 aliphatic rings. The van der Waals surface area contributed by atoms with Crippen molar-refractivity contribution in [3.8, 4) is 0 Å². The van der Waals surface area contributed by atoms with Gasteiger partial charge in [0, 0.05) is 6.42 Å². The Labute approximate surface area is 182 Å². The third-order valence-corrected chi connectivity index (χ3v) is 4.63. The highest BCUT2D eigenvalue weighted by molar-refractivity contribution is 5.77. The van der Waals surface area contributed by atoms with Gasteiger partial charge in [-0.15, -0.1) is 0 Å². The Bertz CT molecular complexity index is 824. The van der Waals surface area contributed by atoms with E-state index < -0.39 is 23.9 Å². The fourth-order valence-corrected chi connectivity index (χ4v) is 2.71. The van der Waals surface area contributed by atoms with Gasteiger partial charge in [-0.25, -0.2) is 0 Å². The molecule has 0 saturated heterocycles. The lowest BCUT2D eigenvalue weighted by Crippen LogP contribution is -2.39. The van der Waals surface area contributed by atoms with Crippen LogP contribution in [0.25, 0.3) is 0 Å². The maximum atomic E-state index is 12.1. The van der Waals surface area contributed by atoms with Crippen LogP contribution in [0.5, 0.6) is 0 Å². The summed E-state index contributed by atoms with van der Waals surface area (Å²) in [7, 11) is 0. The molecule has 0 aromatic heterocycles. The standard InChI is InChI=1S/C24H29NO6/c1-18(15-22(27)31-17-20-11-6-3-7-12-20)23(25)24(28)29-14-8-13-21(26)30-16-19-9-4-2-5-10-19/h2-7,9-12,18,23H,8,13-17,25H2,1H3/t18?,23-/m0/s1. The molecule has 2 aromatic carbocycles. The Balaban J connectivity index is 1.58. The molecule has 7 heteroatoms. The Kier molecular flexibility index (Phi) is 10.2. The maximum Gasteiger partial charge on any atom is 0.323 e. The fraction of sp³-hybridized carbons (Fsp3) is 0.375. The molecule has 0 aliphatic heterocycles. The first kappa shape index (κ1) is 24.1. The number of carbonyl (C=O) groups excluding carboxylic acids is 3. The van der Waals surface area contributed by atoms with Crippen molar-refractivity contribution in [2.75, 3.05) is 6.61 Å². The molecule has 166 valence electrons. The maximum absolute atomic E-state index is 12.1. The van der Waals surface area contributed by atoms with Gasteiger partial charge < -0.3 is 19.9 Å². The molecule has 0 saturated carbocycles. The van der Waals surface area contributed by atoms with E-state index in [0.717, 1.165) is 11.1 Å². The first-order valence-electron chi connectivity index (χ1n) is 10.3. The Morgan fingerprint density at radius 2 is 1.32 bits per heavy atom. The van der Waals surface area contributed by atoms with Crippen LogP contribution in [-0.4, -0.2) is 30.6 Å².